The third-order valence-electron chi connectivity index (χ3n) is 4.38. The van der Waals surface area contributed by atoms with E-state index in [-0.39, 0.29) is 10.6 Å². The van der Waals surface area contributed by atoms with Crippen LogP contribution < -0.4 is 19.0 Å². The second-order valence-corrected chi connectivity index (χ2v) is 8.89. The van der Waals surface area contributed by atoms with Gasteiger partial charge in [0, 0.05) is 5.02 Å². The zero-order valence-corrected chi connectivity index (χ0v) is 20.1. The van der Waals surface area contributed by atoms with Crippen molar-refractivity contribution in [3.8, 4) is 17.2 Å². The van der Waals surface area contributed by atoms with Crippen molar-refractivity contribution in [2.75, 3.05) is 13.2 Å². The van der Waals surface area contributed by atoms with E-state index in [0.717, 1.165) is 0 Å². The Hall–Kier alpha value is -3.56. The van der Waals surface area contributed by atoms with Gasteiger partial charge in [0.15, 0.2) is 11.5 Å². The third-order valence-corrected chi connectivity index (χ3v) is 5.87. The number of hydrogen-bond acceptors (Lipinski definition) is 7. The van der Waals surface area contributed by atoms with Crippen LogP contribution in [0.2, 0.25) is 5.02 Å². The van der Waals surface area contributed by atoms with Crippen LogP contribution in [0.4, 0.5) is 0 Å². The fourth-order valence-corrected chi connectivity index (χ4v) is 3.72. The molecule has 10 heteroatoms. The van der Waals surface area contributed by atoms with Crippen LogP contribution in [0.5, 0.6) is 17.2 Å². The van der Waals surface area contributed by atoms with Crippen molar-refractivity contribution in [3.63, 3.8) is 0 Å². The van der Waals surface area contributed by atoms with Crippen LogP contribution >= 0.6 is 11.6 Å². The Bertz CT molecular complexity index is 1260. The summed E-state index contributed by atoms with van der Waals surface area (Å²) in [7, 11) is -3.85. The molecule has 0 saturated carbocycles. The first-order valence-electron chi connectivity index (χ1n) is 10.3. The summed E-state index contributed by atoms with van der Waals surface area (Å²) < 4.78 is 41.1. The molecule has 34 heavy (non-hydrogen) atoms. The quantitative estimate of drug-likeness (QED) is 0.187. The van der Waals surface area contributed by atoms with Gasteiger partial charge in [-0.25, -0.2) is 9.63 Å². The minimum Gasteiger partial charge on any atom is -0.494 e. The summed E-state index contributed by atoms with van der Waals surface area (Å²) in [6.45, 7) is 4.52. The Kier molecular flexibility index (Phi) is 8.50. The average molecular weight is 503 g/mol. The summed E-state index contributed by atoms with van der Waals surface area (Å²) in [5, 5.41) is 4.23. The molecule has 0 unspecified atom stereocenters. The standard InChI is InChI=1S/C24H23ClN2O6S/c1-3-31-20-10-6-18(7-11-20)24(28)33-22-14-5-17(15-23(22)32-4-2)16-26-27-34(29,30)21-12-8-19(25)9-13-21/h5-16,27H,3-4H2,1-2H3/b26-16+. The van der Waals surface area contributed by atoms with Gasteiger partial charge in [-0.05, 0) is 86.1 Å². The lowest BCUT2D eigenvalue weighted by molar-refractivity contribution is 0.0728. The van der Waals surface area contributed by atoms with E-state index in [1.165, 1.54) is 30.5 Å². The molecule has 0 spiro atoms. The summed E-state index contributed by atoms with van der Waals surface area (Å²) >= 11 is 5.79. The zero-order chi connectivity index (χ0) is 24.6. The van der Waals surface area contributed by atoms with Gasteiger partial charge < -0.3 is 14.2 Å². The smallest absolute Gasteiger partial charge is 0.343 e. The Morgan fingerprint density at radius 1 is 0.941 bits per heavy atom. The minimum absolute atomic E-state index is 0.0283. The number of ether oxygens (including phenoxy) is 3. The van der Waals surface area contributed by atoms with Crippen molar-refractivity contribution in [1.29, 1.82) is 0 Å². The number of esters is 1. The molecule has 0 aromatic heterocycles. The van der Waals surface area contributed by atoms with E-state index < -0.39 is 16.0 Å². The zero-order valence-electron chi connectivity index (χ0n) is 18.5. The molecular formula is C24H23ClN2O6S. The molecule has 0 aliphatic rings. The van der Waals surface area contributed by atoms with Crippen molar-refractivity contribution < 1.29 is 27.4 Å². The van der Waals surface area contributed by atoms with Gasteiger partial charge in [0.2, 0.25) is 0 Å². The number of nitrogens with one attached hydrogen (secondary N) is 1. The second kappa shape index (κ2) is 11.5. The Labute approximate surface area is 203 Å². The minimum atomic E-state index is -3.85. The molecule has 0 atom stereocenters. The molecule has 178 valence electrons. The lowest BCUT2D eigenvalue weighted by Crippen LogP contribution is -2.18. The molecule has 8 nitrogen and oxygen atoms in total. The van der Waals surface area contributed by atoms with Crippen molar-refractivity contribution in [2.45, 2.75) is 18.7 Å². The third kappa shape index (κ3) is 6.72. The molecule has 3 aromatic carbocycles. The topological polar surface area (TPSA) is 103 Å². The summed E-state index contributed by atoms with van der Waals surface area (Å²) in [6.07, 6.45) is 1.31. The van der Waals surface area contributed by atoms with Crippen LogP contribution in [0.3, 0.4) is 0 Å². The maximum absolute atomic E-state index is 12.5. The number of carbonyl (C=O) groups is 1. The highest BCUT2D eigenvalue weighted by Crippen LogP contribution is 2.29. The highest BCUT2D eigenvalue weighted by Gasteiger charge is 2.14. The maximum Gasteiger partial charge on any atom is 0.343 e. The second-order valence-electron chi connectivity index (χ2n) is 6.79. The van der Waals surface area contributed by atoms with Crippen LogP contribution in [0.25, 0.3) is 0 Å². The van der Waals surface area contributed by atoms with Gasteiger partial charge in [-0.15, -0.1) is 0 Å². The van der Waals surface area contributed by atoms with Crippen molar-refractivity contribution >= 4 is 33.8 Å². The van der Waals surface area contributed by atoms with Gasteiger partial charge in [-0.1, -0.05) is 11.6 Å². The first-order valence-corrected chi connectivity index (χ1v) is 12.2. The largest absolute Gasteiger partial charge is 0.494 e. The lowest BCUT2D eigenvalue weighted by Gasteiger charge is -2.11. The lowest BCUT2D eigenvalue weighted by atomic mass is 10.2. The SMILES string of the molecule is CCOc1ccc(C(=O)Oc2ccc(/C=N/NS(=O)(=O)c3ccc(Cl)cc3)cc2OCC)cc1. The Morgan fingerprint density at radius 3 is 2.26 bits per heavy atom. The van der Waals surface area contributed by atoms with Crippen molar-refractivity contribution in [3.05, 3.63) is 82.9 Å². The Balaban J connectivity index is 1.71. The van der Waals surface area contributed by atoms with Gasteiger partial charge >= 0.3 is 5.97 Å². The molecule has 0 radical (unpaired) electrons. The summed E-state index contributed by atoms with van der Waals surface area (Å²) in [5.74, 6) is 0.636. The van der Waals surface area contributed by atoms with Crippen LogP contribution in [-0.2, 0) is 10.0 Å². The van der Waals surface area contributed by atoms with Gasteiger partial charge in [0.1, 0.15) is 5.75 Å². The molecular weight excluding hydrogens is 480 g/mol. The highest BCUT2D eigenvalue weighted by atomic mass is 35.5. The first kappa shape index (κ1) is 25.1. The number of halogens is 1. The van der Waals surface area contributed by atoms with E-state index in [0.29, 0.717) is 40.9 Å². The number of hydrogen-bond donors (Lipinski definition) is 1. The number of hydrazone groups is 1. The molecule has 0 heterocycles. The molecule has 1 N–H and O–H groups in total. The van der Waals surface area contributed by atoms with E-state index in [9.17, 15) is 13.2 Å². The van der Waals surface area contributed by atoms with Crippen LogP contribution in [0.15, 0.2) is 76.7 Å². The van der Waals surface area contributed by atoms with E-state index >= 15 is 0 Å². The van der Waals surface area contributed by atoms with Crippen LogP contribution in [-0.4, -0.2) is 33.8 Å². The van der Waals surface area contributed by atoms with Gasteiger partial charge in [-0.2, -0.15) is 13.5 Å². The van der Waals surface area contributed by atoms with Gasteiger partial charge in [0.05, 0.1) is 29.9 Å². The van der Waals surface area contributed by atoms with E-state index in [1.807, 2.05) is 6.92 Å². The number of nitrogens with zero attached hydrogens (tertiary/aromatic N) is 1. The van der Waals surface area contributed by atoms with Gasteiger partial charge in [0.25, 0.3) is 10.0 Å². The molecule has 3 rings (SSSR count). The van der Waals surface area contributed by atoms with E-state index in [4.69, 9.17) is 25.8 Å². The average Bonchev–Trinajstić information content (AvgIpc) is 2.81. The first-order chi connectivity index (χ1) is 16.3. The normalized spacial score (nSPS) is 11.3. The molecule has 0 bridgehead atoms. The number of carbonyl (C=O) groups excluding carboxylic acids is 1. The molecule has 3 aromatic rings. The summed E-state index contributed by atoms with van der Waals surface area (Å²) in [5.41, 5.74) is 0.885. The van der Waals surface area contributed by atoms with E-state index in [1.54, 1.807) is 49.4 Å². The van der Waals surface area contributed by atoms with E-state index in [2.05, 4.69) is 9.93 Å². The number of benzene rings is 3. The van der Waals surface area contributed by atoms with Crippen molar-refractivity contribution in [1.82, 2.24) is 4.83 Å². The monoisotopic (exact) mass is 502 g/mol. The summed E-state index contributed by atoms with van der Waals surface area (Å²) in [6, 6.07) is 17.1. The maximum atomic E-state index is 12.5. The molecule has 0 fully saturated rings. The predicted octanol–water partition coefficient (Wildman–Crippen LogP) is 4.67. The number of sulfonamides is 1. The van der Waals surface area contributed by atoms with Crippen LogP contribution in [0, 0.1) is 0 Å². The fourth-order valence-electron chi connectivity index (χ4n) is 2.81. The predicted molar refractivity (Wildman–Crippen MR) is 130 cm³/mol. The van der Waals surface area contributed by atoms with Gasteiger partial charge in [-0.3, -0.25) is 0 Å². The highest BCUT2D eigenvalue weighted by molar-refractivity contribution is 7.89. The fraction of sp³-hybridized carbons (Fsp3) is 0.167. The molecule has 0 aliphatic heterocycles. The van der Waals surface area contributed by atoms with Crippen molar-refractivity contribution in [2.24, 2.45) is 5.10 Å². The van der Waals surface area contributed by atoms with Crippen LogP contribution in [0.1, 0.15) is 29.8 Å². The molecule has 0 aliphatic carbocycles. The summed E-state index contributed by atoms with van der Waals surface area (Å²) in [4.78, 5) is 14.7. The Morgan fingerprint density at radius 2 is 1.62 bits per heavy atom. The molecule has 0 amide bonds. The molecule has 0 saturated heterocycles. The number of rotatable bonds is 10.